The standard InChI is InChI=1S/C52H90O6/c1-4-7-10-13-16-19-22-24-25-26-27-28-31-33-36-39-42-45-51(54)57-48-49(47-56-50(53)44-41-38-35-32-29-21-18-15-12-9-6-3)58-52(55)46-43-40-37-34-30-23-20-17-14-11-8-5-2/h16-17,19-20,24-25,27-28,33,36,49H,4-15,18,21-23,26,29-32,34-35,37-48H2,1-3H3/b19-16-,20-17-,25-24-,28-27-,36-33-. The summed E-state index contributed by atoms with van der Waals surface area (Å²) in [6.07, 6.45) is 56.3. The van der Waals surface area contributed by atoms with Gasteiger partial charge in [0.15, 0.2) is 6.10 Å². The van der Waals surface area contributed by atoms with Crippen LogP contribution in [0.5, 0.6) is 0 Å². The third kappa shape index (κ3) is 44.2. The fourth-order valence-corrected chi connectivity index (χ4v) is 6.55. The number of ether oxygens (including phenoxy) is 3. The SMILES string of the molecule is CCCCC/C=C\C/C=C\C/C=C\C/C=C\CCCC(=O)OCC(COC(=O)CCCCCCCCCCCCC)OC(=O)CCCCCCC/C=C\CCCCC. The Morgan fingerprint density at radius 3 is 1.09 bits per heavy atom. The first kappa shape index (κ1) is 55.1. The summed E-state index contributed by atoms with van der Waals surface area (Å²) in [5, 5.41) is 0. The molecular weight excluding hydrogens is 721 g/mol. The number of hydrogen-bond donors (Lipinski definition) is 0. The fourth-order valence-electron chi connectivity index (χ4n) is 6.55. The Bertz CT molecular complexity index is 1070. The first-order chi connectivity index (χ1) is 28.5. The molecule has 0 bridgehead atoms. The Labute approximate surface area is 358 Å². The van der Waals surface area contributed by atoms with Crippen LogP contribution in [0.1, 0.15) is 233 Å². The number of allylic oxidation sites excluding steroid dienone is 10. The van der Waals surface area contributed by atoms with Crippen molar-refractivity contribution in [2.75, 3.05) is 13.2 Å². The number of hydrogen-bond acceptors (Lipinski definition) is 6. The molecule has 6 heteroatoms. The molecule has 0 spiro atoms. The maximum atomic E-state index is 12.7. The van der Waals surface area contributed by atoms with Crippen molar-refractivity contribution >= 4 is 17.9 Å². The van der Waals surface area contributed by atoms with Crippen LogP contribution >= 0.6 is 0 Å². The van der Waals surface area contributed by atoms with E-state index < -0.39 is 6.10 Å². The van der Waals surface area contributed by atoms with E-state index in [-0.39, 0.29) is 37.5 Å². The van der Waals surface area contributed by atoms with Crippen LogP contribution < -0.4 is 0 Å². The van der Waals surface area contributed by atoms with Gasteiger partial charge in [-0.05, 0) is 83.5 Å². The molecule has 0 N–H and O–H groups in total. The molecule has 0 saturated carbocycles. The second kappa shape index (κ2) is 46.8. The molecule has 1 atom stereocenters. The highest BCUT2D eigenvalue weighted by Gasteiger charge is 2.19. The summed E-state index contributed by atoms with van der Waals surface area (Å²) in [5.74, 6) is -0.962. The molecule has 0 heterocycles. The highest BCUT2D eigenvalue weighted by molar-refractivity contribution is 5.71. The maximum Gasteiger partial charge on any atom is 0.306 e. The number of carbonyl (C=O) groups is 3. The average molecular weight is 811 g/mol. The largest absolute Gasteiger partial charge is 0.462 e. The van der Waals surface area contributed by atoms with E-state index in [2.05, 4.69) is 81.5 Å². The van der Waals surface area contributed by atoms with Crippen molar-refractivity contribution in [1.29, 1.82) is 0 Å². The molecule has 0 radical (unpaired) electrons. The van der Waals surface area contributed by atoms with E-state index in [1.165, 1.54) is 109 Å². The van der Waals surface area contributed by atoms with Gasteiger partial charge in [-0.2, -0.15) is 0 Å². The smallest absolute Gasteiger partial charge is 0.306 e. The van der Waals surface area contributed by atoms with Crippen LogP contribution in [0.2, 0.25) is 0 Å². The predicted octanol–water partition coefficient (Wildman–Crippen LogP) is 15.7. The van der Waals surface area contributed by atoms with Crippen molar-refractivity contribution in [1.82, 2.24) is 0 Å². The van der Waals surface area contributed by atoms with Crippen LogP contribution in [0.3, 0.4) is 0 Å². The summed E-state index contributed by atoms with van der Waals surface area (Å²) in [4.78, 5) is 37.8. The lowest BCUT2D eigenvalue weighted by molar-refractivity contribution is -0.167. The van der Waals surface area contributed by atoms with Gasteiger partial charge in [-0.25, -0.2) is 0 Å². The van der Waals surface area contributed by atoms with Gasteiger partial charge in [0.2, 0.25) is 0 Å². The Balaban J connectivity index is 4.46. The van der Waals surface area contributed by atoms with E-state index in [0.29, 0.717) is 19.3 Å². The van der Waals surface area contributed by atoms with Crippen LogP contribution in [0.25, 0.3) is 0 Å². The van der Waals surface area contributed by atoms with Crippen LogP contribution in [-0.4, -0.2) is 37.2 Å². The third-order valence-electron chi connectivity index (χ3n) is 10.2. The summed E-state index contributed by atoms with van der Waals surface area (Å²) in [5.41, 5.74) is 0. The molecule has 0 saturated heterocycles. The van der Waals surface area contributed by atoms with Gasteiger partial charge in [0.25, 0.3) is 0 Å². The van der Waals surface area contributed by atoms with Gasteiger partial charge in [-0.15, -0.1) is 0 Å². The lowest BCUT2D eigenvalue weighted by Crippen LogP contribution is -2.30. The summed E-state index contributed by atoms with van der Waals surface area (Å²) in [7, 11) is 0. The van der Waals surface area contributed by atoms with Crippen molar-refractivity contribution in [2.24, 2.45) is 0 Å². The Kier molecular flexibility index (Phi) is 44.5. The van der Waals surface area contributed by atoms with Gasteiger partial charge in [0.05, 0.1) is 0 Å². The number of esters is 3. The summed E-state index contributed by atoms with van der Waals surface area (Å²) < 4.78 is 16.7. The molecular formula is C52H90O6. The van der Waals surface area contributed by atoms with Gasteiger partial charge in [0, 0.05) is 19.3 Å². The Morgan fingerprint density at radius 1 is 0.345 bits per heavy atom. The van der Waals surface area contributed by atoms with Crippen molar-refractivity contribution in [3.63, 3.8) is 0 Å². The highest BCUT2D eigenvalue weighted by Crippen LogP contribution is 2.14. The van der Waals surface area contributed by atoms with Gasteiger partial charge in [-0.3, -0.25) is 14.4 Å². The molecule has 1 unspecified atom stereocenters. The maximum absolute atomic E-state index is 12.7. The lowest BCUT2D eigenvalue weighted by atomic mass is 10.1. The topological polar surface area (TPSA) is 78.9 Å². The molecule has 0 aliphatic carbocycles. The van der Waals surface area contributed by atoms with E-state index in [1.807, 2.05) is 0 Å². The van der Waals surface area contributed by atoms with Crippen LogP contribution in [0.4, 0.5) is 0 Å². The second-order valence-corrected chi connectivity index (χ2v) is 16.0. The number of rotatable bonds is 43. The van der Waals surface area contributed by atoms with Gasteiger partial charge in [-0.1, -0.05) is 191 Å². The molecule has 0 aliphatic rings. The zero-order chi connectivity index (χ0) is 42.3. The van der Waals surface area contributed by atoms with Crippen molar-refractivity contribution in [2.45, 2.75) is 239 Å². The summed E-state index contributed by atoms with van der Waals surface area (Å²) in [6, 6.07) is 0. The monoisotopic (exact) mass is 811 g/mol. The molecule has 334 valence electrons. The van der Waals surface area contributed by atoms with E-state index in [0.717, 1.165) is 77.0 Å². The zero-order valence-corrected chi connectivity index (χ0v) is 38.0. The predicted molar refractivity (Wildman–Crippen MR) is 247 cm³/mol. The summed E-state index contributed by atoms with van der Waals surface area (Å²) >= 11 is 0. The average Bonchev–Trinajstić information content (AvgIpc) is 3.22. The minimum absolute atomic E-state index is 0.0932. The van der Waals surface area contributed by atoms with E-state index in [1.54, 1.807) is 0 Å². The molecule has 0 aromatic heterocycles. The first-order valence-electron chi connectivity index (χ1n) is 24.3. The molecule has 0 fully saturated rings. The van der Waals surface area contributed by atoms with Crippen molar-refractivity contribution in [3.8, 4) is 0 Å². The number of unbranched alkanes of at least 4 members (excludes halogenated alkanes) is 22. The minimum Gasteiger partial charge on any atom is -0.462 e. The van der Waals surface area contributed by atoms with E-state index in [9.17, 15) is 14.4 Å². The zero-order valence-electron chi connectivity index (χ0n) is 38.0. The summed E-state index contributed by atoms with van der Waals surface area (Å²) in [6.45, 7) is 6.52. The normalized spacial score (nSPS) is 12.5. The van der Waals surface area contributed by atoms with Crippen molar-refractivity contribution < 1.29 is 28.6 Å². The molecule has 0 rings (SSSR count). The van der Waals surface area contributed by atoms with Crippen molar-refractivity contribution in [3.05, 3.63) is 60.8 Å². The van der Waals surface area contributed by atoms with Gasteiger partial charge >= 0.3 is 17.9 Å². The second-order valence-electron chi connectivity index (χ2n) is 16.0. The molecule has 0 aromatic rings. The van der Waals surface area contributed by atoms with Gasteiger partial charge in [0.1, 0.15) is 13.2 Å². The van der Waals surface area contributed by atoms with Crippen LogP contribution in [-0.2, 0) is 28.6 Å². The fraction of sp³-hybridized carbons (Fsp3) is 0.750. The third-order valence-corrected chi connectivity index (χ3v) is 10.2. The molecule has 0 aromatic carbocycles. The Hall–Kier alpha value is -2.89. The molecule has 0 amide bonds. The highest BCUT2D eigenvalue weighted by atomic mass is 16.6. The van der Waals surface area contributed by atoms with Crippen LogP contribution in [0, 0.1) is 0 Å². The van der Waals surface area contributed by atoms with E-state index >= 15 is 0 Å². The molecule has 0 aliphatic heterocycles. The quantitative estimate of drug-likeness (QED) is 0.0264. The Morgan fingerprint density at radius 2 is 0.638 bits per heavy atom. The number of carbonyl (C=O) groups excluding carboxylic acids is 3. The first-order valence-corrected chi connectivity index (χ1v) is 24.3. The molecule has 6 nitrogen and oxygen atoms in total. The minimum atomic E-state index is -0.796. The molecule has 58 heavy (non-hydrogen) atoms. The van der Waals surface area contributed by atoms with E-state index in [4.69, 9.17) is 14.2 Å². The van der Waals surface area contributed by atoms with Gasteiger partial charge < -0.3 is 14.2 Å². The lowest BCUT2D eigenvalue weighted by Gasteiger charge is -2.18. The van der Waals surface area contributed by atoms with Crippen LogP contribution in [0.15, 0.2) is 60.8 Å².